The average molecular weight is 252 g/mol. The molecule has 0 unspecified atom stereocenters. The lowest BCUT2D eigenvalue weighted by Crippen LogP contribution is -2.39. The van der Waals surface area contributed by atoms with E-state index in [4.69, 9.17) is 0 Å². The predicted octanol–water partition coefficient (Wildman–Crippen LogP) is 3.12. The van der Waals surface area contributed by atoms with E-state index in [9.17, 15) is 9.90 Å². The number of aliphatic hydroxyl groups is 1. The molecule has 1 N–H and O–H groups in total. The minimum Gasteiger partial charge on any atom is -0.380 e. The van der Waals surface area contributed by atoms with Crippen LogP contribution in [0.3, 0.4) is 0 Å². The largest absolute Gasteiger partial charge is 0.380 e. The van der Waals surface area contributed by atoms with E-state index < -0.39 is 5.60 Å². The summed E-state index contributed by atoms with van der Waals surface area (Å²) in [5.41, 5.74) is 1.55. The molecule has 1 aliphatic rings. The summed E-state index contributed by atoms with van der Waals surface area (Å²) in [6, 6.07) is 14.7. The van der Waals surface area contributed by atoms with Gasteiger partial charge in [-0.1, -0.05) is 62.4 Å². The van der Waals surface area contributed by atoms with Crippen LogP contribution in [0, 0.1) is 5.92 Å². The third-order valence-electron chi connectivity index (χ3n) is 4.00. The van der Waals surface area contributed by atoms with E-state index in [2.05, 4.69) is 0 Å². The zero-order valence-corrected chi connectivity index (χ0v) is 11.1. The molecule has 0 fully saturated rings. The van der Waals surface area contributed by atoms with Gasteiger partial charge in [-0.15, -0.1) is 0 Å². The van der Waals surface area contributed by atoms with Gasteiger partial charge in [-0.2, -0.15) is 0 Å². The van der Waals surface area contributed by atoms with Gasteiger partial charge in [-0.3, -0.25) is 4.79 Å². The minimum absolute atomic E-state index is 0.00322. The van der Waals surface area contributed by atoms with Gasteiger partial charge in [-0.05, 0) is 17.0 Å². The lowest BCUT2D eigenvalue weighted by atomic mass is 9.69. The van der Waals surface area contributed by atoms with Crippen LogP contribution in [-0.2, 0) is 5.60 Å². The van der Waals surface area contributed by atoms with E-state index in [0.29, 0.717) is 22.3 Å². The Morgan fingerprint density at radius 2 is 1.32 bits per heavy atom. The Hall–Kier alpha value is -1.93. The van der Waals surface area contributed by atoms with Crippen LogP contribution in [-0.4, -0.2) is 10.9 Å². The van der Waals surface area contributed by atoms with Crippen molar-refractivity contribution in [1.82, 2.24) is 0 Å². The quantitative estimate of drug-likeness (QED) is 0.846. The normalized spacial score (nSPS) is 16.1. The first-order valence-corrected chi connectivity index (χ1v) is 6.53. The Bertz CT molecular complexity index is 606. The molecule has 2 nitrogen and oxygen atoms in total. The van der Waals surface area contributed by atoms with Crippen LogP contribution in [0.15, 0.2) is 48.5 Å². The van der Waals surface area contributed by atoms with E-state index in [0.717, 1.165) is 0 Å². The summed E-state index contributed by atoms with van der Waals surface area (Å²) in [5, 5.41) is 11.2. The maximum Gasteiger partial charge on any atom is 0.193 e. The van der Waals surface area contributed by atoms with Gasteiger partial charge in [0, 0.05) is 11.1 Å². The molecule has 2 aromatic rings. The maximum absolute atomic E-state index is 12.5. The van der Waals surface area contributed by atoms with Crippen LogP contribution in [0.2, 0.25) is 0 Å². The number of benzene rings is 2. The zero-order chi connectivity index (χ0) is 13.6. The molecule has 19 heavy (non-hydrogen) atoms. The van der Waals surface area contributed by atoms with Gasteiger partial charge in [-0.25, -0.2) is 0 Å². The van der Waals surface area contributed by atoms with Crippen LogP contribution in [0.1, 0.15) is 40.9 Å². The lowest BCUT2D eigenvalue weighted by molar-refractivity contribution is 0.0278. The fourth-order valence-electron chi connectivity index (χ4n) is 2.94. The summed E-state index contributed by atoms with van der Waals surface area (Å²) in [4.78, 5) is 12.5. The standard InChI is InChI=1S/C17H16O2/c1-11(2)17(19)14-9-5-3-7-12(14)16(18)13-8-4-6-10-15(13)17/h3-11,19H,1-2H3. The molecule has 0 radical (unpaired) electrons. The second-order valence-corrected chi connectivity index (χ2v) is 5.34. The molecule has 2 heteroatoms. The summed E-state index contributed by atoms with van der Waals surface area (Å²) in [6.07, 6.45) is 0. The highest BCUT2D eigenvalue weighted by atomic mass is 16.3. The molecule has 1 aliphatic carbocycles. The molecule has 0 amide bonds. The minimum atomic E-state index is -1.10. The summed E-state index contributed by atoms with van der Waals surface area (Å²) >= 11 is 0. The van der Waals surface area contributed by atoms with Crippen LogP contribution in [0.4, 0.5) is 0 Å². The number of hydrogen-bond donors (Lipinski definition) is 1. The Balaban J connectivity index is 2.40. The van der Waals surface area contributed by atoms with Gasteiger partial charge in [0.15, 0.2) is 5.78 Å². The molecule has 3 rings (SSSR count). The molecule has 0 saturated heterocycles. The molecular formula is C17H16O2. The van der Waals surface area contributed by atoms with Crippen molar-refractivity contribution in [3.63, 3.8) is 0 Å². The topological polar surface area (TPSA) is 37.3 Å². The van der Waals surface area contributed by atoms with Gasteiger partial charge < -0.3 is 5.11 Å². The molecule has 0 bridgehead atoms. The van der Waals surface area contributed by atoms with Gasteiger partial charge in [0.25, 0.3) is 0 Å². The molecule has 0 heterocycles. The molecule has 2 aromatic carbocycles. The van der Waals surface area contributed by atoms with Crippen molar-refractivity contribution in [3.8, 4) is 0 Å². The first kappa shape index (κ1) is 12.1. The number of carbonyl (C=O) groups is 1. The van der Waals surface area contributed by atoms with Crippen molar-refractivity contribution in [2.45, 2.75) is 19.4 Å². The molecule has 0 aromatic heterocycles. The van der Waals surface area contributed by atoms with Crippen molar-refractivity contribution < 1.29 is 9.90 Å². The highest BCUT2D eigenvalue weighted by Gasteiger charge is 2.43. The highest BCUT2D eigenvalue weighted by molar-refractivity contribution is 6.13. The number of carbonyl (C=O) groups excluding carboxylic acids is 1. The lowest BCUT2D eigenvalue weighted by Gasteiger charge is -2.39. The van der Waals surface area contributed by atoms with Gasteiger partial charge in [0.2, 0.25) is 0 Å². The Morgan fingerprint density at radius 1 is 0.895 bits per heavy atom. The van der Waals surface area contributed by atoms with Crippen molar-refractivity contribution in [3.05, 3.63) is 70.8 Å². The fourth-order valence-corrected chi connectivity index (χ4v) is 2.94. The first-order valence-electron chi connectivity index (χ1n) is 6.53. The van der Waals surface area contributed by atoms with Gasteiger partial charge >= 0.3 is 0 Å². The second-order valence-electron chi connectivity index (χ2n) is 5.34. The van der Waals surface area contributed by atoms with Crippen LogP contribution in [0.5, 0.6) is 0 Å². The number of rotatable bonds is 1. The number of hydrogen-bond acceptors (Lipinski definition) is 2. The van der Waals surface area contributed by atoms with E-state index in [1.807, 2.05) is 50.2 Å². The summed E-state index contributed by atoms with van der Waals surface area (Å²) in [7, 11) is 0. The van der Waals surface area contributed by atoms with Crippen LogP contribution in [0.25, 0.3) is 0 Å². The number of ketones is 1. The van der Waals surface area contributed by atoms with Gasteiger partial charge in [0.1, 0.15) is 5.60 Å². The molecule has 0 atom stereocenters. The van der Waals surface area contributed by atoms with Crippen molar-refractivity contribution in [2.75, 3.05) is 0 Å². The summed E-state index contributed by atoms with van der Waals surface area (Å²) < 4.78 is 0. The SMILES string of the molecule is CC(C)C1(O)c2ccccc2C(=O)c2ccccc21. The number of fused-ring (bicyclic) bond motifs is 2. The predicted molar refractivity (Wildman–Crippen MR) is 74.2 cm³/mol. The summed E-state index contributed by atoms with van der Waals surface area (Å²) in [6.45, 7) is 3.95. The zero-order valence-electron chi connectivity index (χ0n) is 11.1. The maximum atomic E-state index is 12.5. The Kier molecular flexibility index (Phi) is 2.58. The monoisotopic (exact) mass is 252 g/mol. The second kappa shape index (κ2) is 4.04. The van der Waals surface area contributed by atoms with E-state index >= 15 is 0 Å². The van der Waals surface area contributed by atoms with Gasteiger partial charge in [0.05, 0.1) is 0 Å². The van der Waals surface area contributed by atoms with Crippen molar-refractivity contribution >= 4 is 5.78 Å². The highest BCUT2D eigenvalue weighted by Crippen LogP contribution is 2.44. The molecule has 0 spiro atoms. The average Bonchev–Trinajstić information content (AvgIpc) is 2.44. The third kappa shape index (κ3) is 1.50. The van der Waals surface area contributed by atoms with Crippen LogP contribution < -0.4 is 0 Å². The van der Waals surface area contributed by atoms with Crippen molar-refractivity contribution in [1.29, 1.82) is 0 Å². The van der Waals surface area contributed by atoms with E-state index in [-0.39, 0.29) is 11.7 Å². The molecular weight excluding hydrogens is 236 g/mol. The van der Waals surface area contributed by atoms with E-state index in [1.165, 1.54) is 0 Å². The smallest absolute Gasteiger partial charge is 0.193 e. The third-order valence-corrected chi connectivity index (χ3v) is 4.00. The van der Waals surface area contributed by atoms with Crippen LogP contribution >= 0.6 is 0 Å². The molecule has 96 valence electrons. The first-order chi connectivity index (χ1) is 9.06. The molecule has 0 saturated carbocycles. The van der Waals surface area contributed by atoms with E-state index in [1.54, 1.807) is 12.1 Å². The Morgan fingerprint density at radius 3 is 1.74 bits per heavy atom. The Labute approximate surface area is 112 Å². The fraction of sp³-hybridized carbons (Fsp3) is 0.235. The molecule has 0 aliphatic heterocycles. The summed E-state index contributed by atoms with van der Waals surface area (Å²) in [5.74, 6) is -0.0144. The van der Waals surface area contributed by atoms with Crippen molar-refractivity contribution in [2.24, 2.45) is 5.92 Å².